The molecule has 9 heteroatoms. The lowest BCUT2D eigenvalue weighted by atomic mass is 10.2. The Balaban J connectivity index is 2.81. The second-order valence-corrected chi connectivity index (χ2v) is 3.84. The van der Waals surface area contributed by atoms with E-state index in [4.69, 9.17) is 10.2 Å². The Kier molecular flexibility index (Phi) is 4.65. The van der Waals surface area contributed by atoms with Crippen LogP contribution >= 0.6 is 0 Å². The van der Waals surface area contributed by atoms with Crippen molar-refractivity contribution in [1.82, 2.24) is 9.97 Å². The molecule has 1 atom stereocenters. The number of carbonyl (C=O) groups is 1. The van der Waals surface area contributed by atoms with Crippen molar-refractivity contribution in [3.8, 4) is 0 Å². The number of nitrogens with one attached hydrogen (secondary N) is 1. The molecular weight excluding hydrogens is 267 g/mol. The molecule has 0 aromatic carbocycles. The van der Waals surface area contributed by atoms with Crippen LogP contribution in [0.2, 0.25) is 0 Å². The smallest absolute Gasteiger partial charge is 0.391 e. The van der Waals surface area contributed by atoms with Crippen LogP contribution in [0.1, 0.15) is 22.5 Å². The molecule has 0 spiro atoms. The topological polar surface area (TPSA) is 95.3 Å². The number of halogens is 3. The fourth-order valence-corrected chi connectivity index (χ4v) is 1.37. The normalized spacial score (nSPS) is 13.1. The van der Waals surface area contributed by atoms with E-state index in [1.54, 1.807) is 0 Å². The zero-order valence-electron chi connectivity index (χ0n) is 9.90. The zero-order chi connectivity index (χ0) is 14.6. The second kappa shape index (κ2) is 5.83. The first-order valence-electron chi connectivity index (χ1n) is 5.24. The van der Waals surface area contributed by atoms with Crippen LogP contribution in [0.3, 0.4) is 0 Å². The maximum absolute atomic E-state index is 12.2. The Labute approximate surface area is 106 Å². The highest BCUT2D eigenvalue weighted by Gasteiger charge is 2.32. The molecule has 1 heterocycles. The number of aliphatic hydroxyl groups is 1. The lowest BCUT2D eigenvalue weighted by molar-refractivity contribution is -0.138. The van der Waals surface area contributed by atoms with Crippen molar-refractivity contribution in [2.45, 2.75) is 25.6 Å². The summed E-state index contributed by atoms with van der Waals surface area (Å²) in [7, 11) is 0. The van der Waals surface area contributed by atoms with E-state index in [1.165, 1.54) is 6.92 Å². The molecule has 0 radical (unpaired) electrons. The maximum atomic E-state index is 12.2. The largest absolute Gasteiger partial charge is 0.478 e. The Bertz CT molecular complexity index is 465. The first-order chi connectivity index (χ1) is 8.73. The van der Waals surface area contributed by atoms with Gasteiger partial charge in [-0.05, 0) is 6.92 Å². The van der Waals surface area contributed by atoms with Gasteiger partial charge in [0.2, 0.25) is 5.95 Å². The number of alkyl halides is 3. The van der Waals surface area contributed by atoms with Gasteiger partial charge < -0.3 is 15.5 Å². The molecule has 0 fully saturated rings. The lowest BCUT2D eigenvalue weighted by Gasteiger charge is -2.18. The van der Waals surface area contributed by atoms with Gasteiger partial charge in [-0.1, -0.05) is 0 Å². The molecule has 1 unspecified atom stereocenters. The molecule has 0 aliphatic rings. The van der Waals surface area contributed by atoms with Gasteiger partial charge in [-0.25, -0.2) is 14.8 Å². The van der Waals surface area contributed by atoms with Gasteiger partial charge in [0.05, 0.1) is 30.3 Å². The van der Waals surface area contributed by atoms with Crippen LogP contribution in [0.25, 0.3) is 0 Å². The van der Waals surface area contributed by atoms with Gasteiger partial charge in [0.15, 0.2) is 0 Å². The van der Waals surface area contributed by atoms with Crippen LogP contribution in [0, 0.1) is 6.92 Å². The Morgan fingerprint density at radius 2 is 2.16 bits per heavy atom. The third kappa shape index (κ3) is 4.70. The van der Waals surface area contributed by atoms with Crippen LogP contribution in [-0.4, -0.2) is 45.0 Å². The summed E-state index contributed by atoms with van der Waals surface area (Å²) in [5, 5.41) is 19.9. The molecule has 0 aliphatic heterocycles. The lowest BCUT2D eigenvalue weighted by Crippen LogP contribution is -2.31. The average molecular weight is 279 g/mol. The van der Waals surface area contributed by atoms with E-state index in [2.05, 4.69) is 15.3 Å². The highest BCUT2D eigenvalue weighted by Crippen LogP contribution is 2.22. The average Bonchev–Trinajstić information content (AvgIpc) is 2.25. The van der Waals surface area contributed by atoms with E-state index in [9.17, 15) is 18.0 Å². The quantitative estimate of drug-likeness (QED) is 0.749. The minimum atomic E-state index is -4.43. The minimum absolute atomic E-state index is 0.119. The highest BCUT2D eigenvalue weighted by atomic mass is 19.4. The van der Waals surface area contributed by atoms with Gasteiger partial charge in [0.25, 0.3) is 0 Å². The van der Waals surface area contributed by atoms with Crippen molar-refractivity contribution in [3.63, 3.8) is 0 Å². The fourth-order valence-electron chi connectivity index (χ4n) is 1.37. The molecule has 1 rings (SSSR count). The number of aryl methyl sites for hydroxylation is 1. The number of hydrogen-bond acceptors (Lipinski definition) is 5. The van der Waals surface area contributed by atoms with E-state index >= 15 is 0 Å². The standard InChI is InChI=1S/C10H12F3N3O3/c1-5-7(8(18)19)3-14-9(15-5)16-6(4-17)2-10(11,12)13/h3,6,17H,2,4H2,1H3,(H,18,19)(H,14,15,16). The van der Waals surface area contributed by atoms with Gasteiger partial charge in [0, 0.05) is 6.20 Å². The molecule has 3 N–H and O–H groups in total. The molecule has 0 saturated carbocycles. The summed E-state index contributed by atoms with van der Waals surface area (Å²) >= 11 is 0. The van der Waals surface area contributed by atoms with Crippen molar-refractivity contribution in [2.24, 2.45) is 0 Å². The molecule has 1 aromatic heterocycles. The van der Waals surface area contributed by atoms with Crippen molar-refractivity contribution in [1.29, 1.82) is 0 Å². The predicted molar refractivity (Wildman–Crippen MR) is 58.9 cm³/mol. The molecule has 106 valence electrons. The van der Waals surface area contributed by atoms with E-state index in [0.29, 0.717) is 0 Å². The number of aromatic nitrogens is 2. The third-order valence-corrected chi connectivity index (χ3v) is 2.24. The number of hydrogen-bond donors (Lipinski definition) is 3. The second-order valence-electron chi connectivity index (χ2n) is 3.84. The first kappa shape index (κ1) is 15.2. The number of rotatable bonds is 5. The van der Waals surface area contributed by atoms with Gasteiger partial charge >= 0.3 is 12.1 Å². The number of carboxylic acids is 1. The summed E-state index contributed by atoms with van der Waals surface area (Å²) < 4.78 is 36.5. The van der Waals surface area contributed by atoms with Crippen molar-refractivity contribution < 1.29 is 28.2 Å². The van der Waals surface area contributed by atoms with Crippen LogP contribution < -0.4 is 5.32 Å². The van der Waals surface area contributed by atoms with Crippen LogP contribution in [-0.2, 0) is 0 Å². The summed E-state index contributed by atoms with van der Waals surface area (Å²) in [5.74, 6) is -1.39. The van der Waals surface area contributed by atoms with Gasteiger partial charge in [-0.2, -0.15) is 13.2 Å². The van der Waals surface area contributed by atoms with Crippen molar-refractivity contribution in [3.05, 3.63) is 17.5 Å². The number of aromatic carboxylic acids is 1. The number of nitrogens with zero attached hydrogens (tertiary/aromatic N) is 2. The SMILES string of the molecule is Cc1nc(NC(CO)CC(F)(F)F)ncc1C(=O)O. The maximum Gasteiger partial charge on any atom is 0.391 e. The first-order valence-corrected chi connectivity index (χ1v) is 5.24. The van der Waals surface area contributed by atoms with Crippen molar-refractivity contribution >= 4 is 11.9 Å². The van der Waals surface area contributed by atoms with E-state index < -0.39 is 31.2 Å². The predicted octanol–water partition coefficient (Wildman–Crippen LogP) is 1.21. The number of aliphatic hydroxyl groups excluding tert-OH is 1. The van der Waals surface area contributed by atoms with E-state index in [1.807, 2.05) is 0 Å². The van der Waals surface area contributed by atoms with E-state index in [0.717, 1.165) is 6.20 Å². The number of anilines is 1. The van der Waals surface area contributed by atoms with Crippen LogP contribution in [0.15, 0.2) is 6.20 Å². The Hall–Kier alpha value is -1.90. The van der Waals surface area contributed by atoms with Crippen molar-refractivity contribution in [2.75, 3.05) is 11.9 Å². The summed E-state index contributed by atoms with van der Waals surface area (Å²) in [6, 6.07) is -1.28. The summed E-state index contributed by atoms with van der Waals surface area (Å²) in [6.07, 6.45) is -4.68. The number of carboxylic acid groups (broad SMARTS) is 1. The van der Waals surface area contributed by atoms with E-state index in [-0.39, 0.29) is 17.2 Å². The summed E-state index contributed by atoms with van der Waals surface area (Å²) in [5.41, 5.74) is -0.0179. The third-order valence-electron chi connectivity index (χ3n) is 2.24. The fraction of sp³-hybridized carbons (Fsp3) is 0.500. The highest BCUT2D eigenvalue weighted by molar-refractivity contribution is 5.88. The molecule has 19 heavy (non-hydrogen) atoms. The monoisotopic (exact) mass is 279 g/mol. The Morgan fingerprint density at radius 3 is 2.58 bits per heavy atom. The molecular formula is C10H12F3N3O3. The van der Waals surface area contributed by atoms with Crippen LogP contribution in [0.5, 0.6) is 0 Å². The molecule has 0 saturated heterocycles. The minimum Gasteiger partial charge on any atom is -0.478 e. The zero-order valence-corrected chi connectivity index (χ0v) is 9.90. The summed E-state index contributed by atoms with van der Waals surface area (Å²) in [4.78, 5) is 18.0. The Morgan fingerprint density at radius 1 is 1.53 bits per heavy atom. The van der Waals surface area contributed by atoms with Gasteiger partial charge in [0.1, 0.15) is 0 Å². The molecule has 1 aromatic rings. The molecule has 0 amide bonds. The molecule has 6 nitrogen and oxygen atoms in total. The molecule has 0 aliphatic carbocycles. The summed E-state index contributed by atoms with van der Waals surface area (Å²) in [6.45, 7) is 0.649. The molecule has 0 bridgehead atoms. The van der Waals surface area contributed by atoms with Gasteiger partial charge in [-0.15, -0.1) is 0 Å². The van der Waals surface area contributed by atoms with Crippen LogP contribution in [0.4, 0.5) is 19.1 Å². The van der Waals surface area contributed by atoms with Gasteiger partial charge in [-0.3, -0.25) is 0 Å².